The Morgan fingerprint density at radius 2 is 1.79 bits per heavy atom. The zero-order valence-corrected chi connectivity index (χ0v) is 16.1. The van der Waals surface area contributed by atoms with E-state index < -0.39 is 11.9 Å². The van der Waals surface area contributed by atoms with Gasteiger partial charge in [-0.05, 0) is 30.5 Å². The summed E-state index contributed by atoms with van der Waals surface area (Å²) in [7, 11) is 4.90. The highest BCUT2D eigenvalue weighted by atomic mass is 16.5. The number of hydrogen-bond donors (Lipinski definition) is 0. The van der Waals surface area contributed by atoms with E-state index in [1.807, 2.05) is 12.1 Å². The number of rotatable bonds is 2. The third-order valence-electron chi connectivity index (χ3n) is 5.45. The van der Waals surface area contributed by atoms with Crippen molar-refractivity contribution in [3.63, 3.8) is 0 Å². The Morgan fingerprint density at radius 3 is 2.50 bits per heavy atom. The van der Waals surface area contributed by atoms with Crippen LogP contribution in [0.4, 0.5) is 0 Å². The number of esters is 1. The molecule has 0 aliphatic carbocycles. The average molecular weight is 380 g/mol. The highest BCUT2D eigenvalue weighted by Gasteiger charge is 2.34. The first-order valence-corrected chi connectivity index (χ1v) is 8.90. The number of carbonyl (C=O) groups is 1. The maximum absolute atomic E-state index is 13.1. The van der Waals surface area contributed by atoms with Gasteiger partial charge in [0.2, 0.25) is 0 Å². The molecule has 0 radical (unpaired) electrons. The fraction of sp³-hybridized carbons (Fsp3) is 0.286. The van der Waals surface area contributed by atoms with Crippen molar-refractivity contribution in [3.8, 4) is 11.5 Å². The Labute approximate surface area is 160 Å². The van der Waals surface area contributed by atoms with Crippen LogP contribution in [0.2, 0.25) is 0 Å². The highest BCUT2D eigenvalue weighted by Crippen LogP contribution is 2.36. The quantitative estimate of drug-likeness (QED) is 0.636. The summed E-state index contributed by atoms with van der Waals surface area (Å²) in [5.41, 5.74) is 1.62. The predicted molar refractivity (Wildman–Crippen MR) is 104 cm³/mol. The molecule has 0 unspecified atom stereocenters. The Kier molecular flexibility index (Phi) is 4.10. The number of nitrogens with zero attached hydrogens (tertiary/aromatic N) is 2. The molecule has 7 heteroatoms. The minimum absolute atomic E-state index is 0.0534. The van der Waals surface area contributed by atoms with Crippen molar-refractivity contribution in [2.24, 2.45) is 14.1 Å². The summed E-state index contributed by atoms with van der Waals surface area (Å²) in [4.78, 5) is 38.2. The van der Waals surface area contributed by atoms with Gasteiger partial charge < -0.3 is 18.6 Å². The summed E-state index contributed by atoms with van der Waals surface area (Å²) in [5, 5.41) is 0.822. The third-order valence-corrected chi connectivity index (χ3v) is 5.45. The van der Waals surface area contributed by atoms with Crippen LogP contribution in [0.25, 0.3) is 10.9 Å². The van der Waals surface area contributed by atoms with E-state index in [0.717, 1.165) is 5.39 Å². The van der Waals surface area contributed by atoms with Gasteiger partial charge in [0.25, 0.3) is 11.1 Å². The number of aryl methyl sites for hydroxylation is 2. The molecule has 7 nitrogen and oxygen atoms in total. The fourth-order valence-electron chi connectivity index (χ4n) is 3.76. The molecule has 1 atom stereocenters. The number of hydrogen-bond acceptors (Lipinski definition) is 5. The van der Waals surface area contributed by atoms with Crippen molar-refractivity contribution in [2.75, 3.05) is 7.11 Å². The zero-order chi connectivity index (χ0) is 20.2. The number of ether oxygens (including phenoxy) is 2. The Balaban J connectivity index is 2.01. The lowest BCUT2D eigenvalue weighted by molar-refractivity contribution is -0.135. The lowest BCUT2D eigenvalue weighted by Gasteiger charge is -2.25. The number of pyridine rings is 2. The van der Waals surface area contributed by atoms with Crippen LogP contribution >= 0.6 is 0 Å². The van der Waals surface area contributed by atoms with Gasteiger partial charge in [-0.2, -0.15) is 0 Å². The fourth-order valence-corrected chi connectivity index (χ4v) is 3.76. The average Bonchev–Trinajstić information content (AvgIpc) is 2.68. The molecule has 0 N–H and O–H groups in total. The summed E-state index contributed by atoms with van der Waals surface area (Å²) >= 11 is 0. The first-order chi connectivity index (χ1) is 13.3. The second-order valence-corrected chi connectivity index (χ2v) is 7.05. The van der Waals surface area contributed by atoms with Gasteiger partial charge in [0, 0.05) is 43.4 Å². The maximum atomic E-state index is 13.1. The van der Waals surface area contributed by atoms with Gasteiger partial charge in [-0.15, -0.1) is 0 Å². The van der Waals surface area contributed by atoms with Crippen LogP contribution in [0.15, 0.2) is 39.9 Å². The molecule has 1 aromatic carbocycles. The van der Waals surface area contributed by atoms with Crippen molar-refractivity contribution < 1.29 is 14.3 Å². The third kappa shape index (κ3) is 2.62. The molecule has 3 aromatic rings. The molecule has 2 aromatic heterocycles. The van der Waals surface area contributed by atoms with Gasteiger partial charge >= 0.3 is 5.97 Å². The molecule has 144 valence electrons. The minimum Gasteiger partial charge on any atom is -0.497 e. The minimum atomic E-state index is -0.652. The van der Waals surface area contributed by atoms with Gasteiger partial charge in [0.15, 0.2) is 0 Å². The summed E-state index contributed by atoms with van der Waals surface area (Å²) in [6, 6.07) is 8.86. The number of methoxy groups -OCH3 is 1. The molecule has 0 amide bonds. The maximum Gasteiger partial charge on any atom is 0.312 e. The van der Waals surface area contributed by atoms with Crippen LogP contribution in [0.5, 0.6) is 11.5 Å². The predicted octanol–water partition coefficient (Wildman–Crippen LogP) is 2.00. The Bertz CT molecular complexity index is 1250. The molecule has 4 rings (SSSR count). The first kappa shape index (κ1) is 18.0. The molecule has 0 spiro atoms. The smallest absolute Gasteiger partial charge is 0.312 e. The van der Waals surface area contributed by atoms with Crippen molar-refractivity contribution in [3.05, 3.63) is 67.9 Å². The molecule has 0 bridgehead atoms. The van der Waals surface area contributed by atoms with Gasteiger partial charge in [-0.3, -0.25) is 14.4 Å². The van der Waals surface area contributed by atoms with Crippen LogP contribution in [0.3, 0.4) is 0 Å². The topological polar surface area (TPSA) is 79.5 Å². The van der Waals surface area contributed by atoms with Gasteiger partial charge in [-0.25, -0.2) is 0 Å². The number of aromatic nitrogens is 2. The van der Waals surface area contributed by atoms with Crippen molar-refractivity contribution >= 4 is 16.9 Å². The number of benzene rings is 1. The van der Waals surface area contributed by atoms with Crippen LogP contribution in [0, 0.1) is 6.92 Å². The molecule has 0 fully saturated rings. The van der Waals surface area contributed by atoms with E-state index in [1.165, 1.54) is 9.13 Å². The normalized spacial score (nSPS) is 16.0. The van der Waals surface area contributed by atoms with Gasteiger partial charge in [0.1, 0.15) is 11.5 Å². The van der Waals surface area contributed by atoms with E-state index in [-0.39, 0.29) is 23.3 Å². The monoisotopic (exact) mass is 380 g/mol. The molecule has 0 saturated heterocycles. The molecular formula is C21H20N2O5. The van der Waals surface area contributed by atoms with Crippen LogP contribution in [-0.2, 0) is 18.9 Å². The van der Waals surface area contributed by atoms with E-state index in [1.54, 1.807) is 46.3 Å². The molecular weight excluding hydrogens is 360 g/mol. The van der Waals surface area contributed by atoms with E-state index >= 15 is 0 Å². The molecule has 1 aliphatic heterocycles. The van der Waals surface area contributed by atoms with Crippen molar-refractivity contribution in [1.82, 2.24) is 9.13 Å². The number of fused-ring (bicyclic) bond motifs is 2. The molecule has 28 heavy (non-hydrogen) atoms. The van der Waals surface area contributed by atoms with E-state index in [9.17, 15) is 14.4 Å². The van der Waals surface area contributed by atoms with Gasteiger partial charge in [0.05, 0.1) is 24.6 Å². The lowest BCUT2D eigenvalue weighted by atomic mass is 9.87. The van der Waals surface area contributed by atoms with E-state index in [2.05, 4.69) is 0 Å². The van der Waals surface area contributed by atoms with Crippen LogP contribution < -0.4 is 20.6 Å². The Hall–Kier alpha value is -3.35. The summed E-state index contributed by atoms with van der Waals surface area (Å²) in [6.07, 6.45) is -0.0534. The van der Waals surface area contributed by atoms with Crippen LogP contribution in [0.1, 0.15) is 29.2 Å². The first-order valence-electron chi connectivity index (χ1n) is 8.90. The second-order valence-electron chi connectivity index (χ2n) is 7.05. The second kappa shape index (κ2) is 6.37. The SMILES string of the molecule is COc1ccc2cc([C@@H]3CC(=O)Oc4cc(C)n(C)c(=O)c43)c(=O)n(C)c2c1. The highest BCUT2D eigenvalue weighted by molar-refractivity contribution is 5.82. The summed E-state index contributed by atoms with van der Waals surface area (Å²) in [6.45, 7) is 1.77. The van der Waals surface area contributed by atoms with E-state index in [0.29, 0.717) is 28.1 Å². The summed E-state index contributed by atoms with van der Waals surface area (Å²) in [5.74, 6) is -0.229. The van der Waals surface area contributed by atoms with Gasteiger partial charge in [-0.1, -0.05) is 0 Å². The molecule has 1 aliphatic rings. The zero-order valence-electron chi connectivity index (χ0n) is 16.1. The van der Waals surface area contributed by atoms with E-state index in [4.69, 9.17) is 9.47 Å². The van der Waals surface area contributed by atoms with Crippen LogP contribution in [-0.4, -0.2) is 22.2 Å². The lowest BCUT2D eigenvalue weighted by Crippen LogP contribution is -2.35. The molecule has 3 heterocycles. The summed E-state index contributed by atoms with van der Waals surface area (Å²) < 4.78 is 13.6. The van der Waals surface area contributed by atoms with Crippen molar-refractivity contribution in [2.45, 2.75) is 19.3 Å². The molecule has 0 saturated carbocycles. The number of carbonyl (C=O) groups excluding carboxylic acids is 1. The Morgan fingerprint density at radius 1 is 1.04 bits per heavy atom. The largest absolute Gasteiger partial charge is 0.497 e. The standard InChI is InChI=1S/C21H20N2O5/c1-11-7-17-19(21(26)22(11)2)14(10-18(24)28-17)15-8-12-5-6-13(27-4)9-16(12)23(3)20(15)25/h5-9,14H,10H2,1-4H3/t14-/m0/s1. The van der Waals surface area contributed by atoms with Crippen molar-refractivity contribution in [1.29, 1.82) is 0 Å².